The van der Waals surface area contributed by atoms with Gasteiger partial charge in [0.2, 0.25) is 0 Å². The summed E-state index contributed by atoms with van der Waals surface area (Å²) in [5.74, 6) is 2.32. The van der Waals surface area contributed by atoms with Gasteiger partial charge in [0.05, 0.1) is 13.3 Å². The second kappa shape index (κ2) is 4.49. The summed E-state index contributed by atoms with van der Waals surface area (Å²) < 4.78 is 5.25. The Morgan fingerprint density at radius 3 is 3.18 bits per heavy atom. The van der Waals surface area contributed by atoms with Crippen LogP contribution in [0.5, 0.6) is 5.75 Å². The fourth-order valence-corrected chi connectivity index (χ4v) is 3.02. The fourth-order valence-electron chi connectivity index (χ4n) is 3.02. The highest BCUT2D eigenvalue weighted by molar-refractivity contribution is 5.69. The molecule has 0 bridgehead atoms. The van der Waals surface area contributed by atoms with Crippen molar-refractivity contribution in [3.05, 3.63) is 30.1 Å². The summed E-state index contributed by atoms with van der Waals surface area (Å²) in [7, 11) is 1.69. The van der Waals surface area contributed by atoms with Crippen molar-refractivity contribution in [1.82, 2.24) is 10.3 Å². The minimum Gasteiger partial charge on any atom is -0.495 e. The molecule has 1 aliphatic carbocycles. The molecule has 0 aromatic carbocycles. The van der Waals surface area contributed by atoms with Crippen LogP contribution in [0.1, 0.15) is 18.4 Å². The summed E-state index contributed by atoms with van der Waals surface area (Å²) in [6.07, 6.45) is 8.60. The van der Waals surface area contributed by atoms with Crippen molar-refractivity contribution in [1.29, 1.82) is 0 Å². The monoisotopic (exact) mass is 230 g/mol. The Hall–Kier alpha value is -1.35. The molecule has 2 heterocycles. The van der Waals surface area contributed by atoms with Crippen molar-refractivity contribution in [2.45, 2.75) is 12.8 Å². The van der Waals surface area contributed by atoms with Crippen LogP contribution in [-0.2, 0) is 0 Å². The van der Waals surface area contributed by atoms with E-state index in [1.807, 2.05) is 6.20 Å². The third-order valence-corrected chi connectivity index (χ3v) is 3.92. The van der Waals surface area contributed by atoms with E-state index in [0.717, 1.165) is 18.2 Å². The number of pyridine rings is 1. The van der Waals surface area contributed by atoms with Crippen molar-refractivity contribution in [3.63, 3.8) is 0 Å². The molecule has 1 saturated heterocycles. The first-order valence-corrected chi connectivity index (χ1v) is 6.28. The van der Waals surface area contributed by atoms with Crippen LogP contribution in [0.2, 0.25) is 0 Å². The molecule has 0 saturated carbocycles. The van der Waals surface area contributed by atoms with E-state index in [4.69, 9.17) is 4.74 Å². The number of fused-ring (bicyclic) bond motifs is 1. The van der Waals surface area contributed by atoms with Crippen LogP contribution >= 0.6 is 0 Å². The van der Waals surface area contributed by atoms with Gasteiger partial charge in [-0.15, -0.1) is 0 Å². The lowest BCUT2D eigenvalue weighted by Crippen LogP contribution is -2.17. The largest absolute Gasteiger partial charge is 0.495 e. The predicted octanol–water partition coefficient (Wildman–Crippen LogP) is 2.10. The number of nitrogens with zero attached hydrogens (tertiary/aromatic N) is 1. The lowest BCUT2D eigenvalue weighted by molar-refractivity contribution is 0.412. The first-order chi connectivity index (χ1) is 8.38. The van der Waals surface area contributed by atoms with E-state index in [9.17, 15) is 0 Å². The van der Waals surface area contributed by atoms with Gasteiger partial charge in [0.1, 0.15) is 5.75 Å². The van der Waals surface area contributed by atoms with E-state index in [0.29, 0.717) is 5.92 Å². The Morgan fingerprint density at radius 2 is 2.29 bits per heavy atom. The van der Waals surface area contributed by atoms with Gasteiger partial charge in [0.15, 0.2) is 0 Å². The Bertz CT molecular complexity index is 442. The molecule has 1 aromatic rings. The van der Waals surface area contributed by atoms with Crippen LogP contribution < -0.4 is 10.1 Å². The van der Waals surface area contributed by atoms with Gasteiger partial charge in [-0.25, -0.2) is 0 Å². The van der Waals surface area contributed by atoms with Gasteiger partial charge < -0.3 is 10.1 Å². The molecular weight excluding hydrogens is 212 g/mol. The third-order valence-electron chi connectivity index (χ3n) is 3.92. The van der Waals surface area contributed by atoms with Gasteiger partial charge in [-0.3, -0.25) is 4.98 Å². The minimum absolute atomic E-state index is 0.664. The number of aromatic nitrogens is 1. The maximum absolute atomic E-state index is 5.25. The van der Waals surface area contributed by atoms with Gasteiger partial charge in [0.25, 0.3) is 0 Å². The molecule has 0 spiro atoms. The Labute approximate surface area is 102 Å². The second-order valence-corrected chi connectivity index (χ2v) is 4.88. The van der Waals surface area contributed by atoms with Crippen molar-refractivity contribution in [2.24, 2.45) is 11.8 Å². The first kappa shape index (κ1) is 10.8. The maximum atomic E-state index is 5.25. The summed E-state index contributed by atoms with van der Waals surface area (Å²) >= 11 is 0. The standard InChI is InChI=1S/C14H18N2O/c1-17-12-5-11(7-15-8-12)13-4-2-3-10-6-16-9-14(10)13/h4-5,7-8,10,14,16H,2-3,6,9H2,1H3/t10-,14+/m1/s1. The van der Waals surface area contributed by atoms with E-state index in [2.05, 4.69) is 22.4 Å². The van der Waals surface area contributed by atoms with Crippen LogP contribution in [0, 0.1) is 11.8 Å². The number of rotatable bonds is 2. The molecule has 3 nitrogen and oxygen atoms in total. The van der Waals surface area contributed by atoms with Crippen LogP contribution in [0.4, 0.5) is 0 Å². The molecule has 0 radical (unpaired) electrons. The van der Waals surface area contributed by atoms with Crippen molar-refractivity contribution in [2.75, 3.05) is 20.2 Å². The molecule has 3 rings (SSSR count). The van der Waals surface area contributed by atoms with E-state index < -0.39 is 0 Å². The molecule has 0 amide bonds. The lowest BCUT2D eigenvalue weighted by Gasteiger charge is -2.26. The zero-order chi connectivity index (χ0) is 11.7. The molecule has 90 valence electrons. The van der Waals surface area contributed by atoms with Gasteiger partial charge >= 0.3 is 0 Å². The Kier molecular flexibility index (Phi) is 2.85. The topological polar surface area (TPSA) is 34.1 Å². The van der Waals surface area contributed by atoms with Gasteiger partial charge in [0, 0.05) is 18.7 Å². The van der Waals surface area contributed by atoms with Crippen molar-refractivity contribution < 1.29 is 4.74 Å². The minimum atomic E-state index is 0.664. The Balaban J connectivity index is 1.94. The SMILES string of the molecule is COc1cncc(C2=CCC[C@@H]3CNC[C@H]23)c1. The number of nitrogens with one attached hydrogen (secondary N) is 1. The summed E-state index contributed by atoms with van der Waals surface area (Å²) in [4.78, 5) is 4.26. The zero-order valence-corrected chi connectivity index (χ0v) is 10.1. The molecule has 1 aromatic heterocycles. The number of methoxy groups -OCH3 is 1. The van der Waals surface area contributed by atoms with Crippen molar-refractivity contribution >= 4 is 5.57 Å². The van der Waals surface area contributed by atoms with Crippen LogP contribution in [-0.4, -0.2) is 25.2 Å². The molecule has 2 aliphatic rings. The van der Waals surface area contributed by atoms with Crippen LogP contribution in [0.25, 0.3) is 5.57 Å². The molecule has 0 unspecified atom stereocenters. The number of allylic oxidation sites excluding steroid dienone is 1. The van der Waals surface area contributed by atoms with E-state index in [-0.39, 0.29) is 0 Å². The Morgan fingerprint density at radius 1 is 1.35 bits per heavy atom. The summed E-state index contributed by atoms with van der Waals surface area (Å²) in [5.41, 5.74) is 2.68. The van der Waals surface area contributed by atoms with Crippen LogP contribution in [0.3, 0.4) is 0 Å². The van der Waals surface area contributed by atoms with E-state index in [1.54, 1.807) is 13.3 Å². The average Bonchev–Trinajstić information content (AvgIpc) is 2.87. The first-order valence-electron chi connectivity index (χ1n) is 6.28. The molecule has 1 N–H and O–H groups in total. The van der Waals surface area contributed by atoms with Gasteiger partial charge in [-0.2, -0.15) is 0 Å². The lowest BCUT2D eigenvalue weighted by atomic mass is 9.78. The number of ether oxygens (including phenoxy) is 1. The van der Waals surface area contributed by atoms with Gasteiger partial charge in [-0.05, 0) is 42.5 Å². The average molecular weight is 230 g/mol. The highest BCUT2D eigenvalue weighted by Crippen LogP contribution is 2.38. The highest BCUT2D eigenvalue weighted by Gasteiger charge is 2.32. The zero-order valence-electron chi connectivity index (χ0n) is 10.1. The smallest absolute Gasteiger partial charge is 0.137 e. The third kappa shape index (κ3) is 1.95. The number of hydrogen-bond donors (Lipinski definition) is 1. The summed E-state index contributed by atoms with van der Waals surface area (Å²) in [6, 6.07) is 2.10. The quantitative estimate of drug-likeness (QED) is 0.845. The fraction of sp³-hybridized carbons (Fsp3) is 0.500. The van der Waals surface area contributed by atoms with Crippen molar-refractivity contribution in [3.8, 4) is 5.75 Å². The maximum Gasteiger partial charge on any atom is 0.137 e. The summed E-state index contributed by atoms with van der Waals surface area (Å²) in [6.45, 7) is 2.27. The molecule has 1 fully saturated rings. The second-order valence-electron chi connectivity index (χ2n) is 4.88. The molecule has 3 heteroatoms. The van der Waals surface area contributed by atoms with Crippen LogP contribution in [0.15, 0.2) is 24.5 Å². The normalized spacial score (nSPS) is 27.5. The van der Waals surface area contributed by atoms with Gasteiger partial charge in [-0.1, -0.05) is 6.08 Å². The number of hydrogen-bond acceptors (Lipinski definition) is 3. The molecular formula is C14H18N2O. The van der Waals surface area contributed by atoms with E-state index in [1.165, 1.54) is 30.5 Å². The predicted molar refractivity (Wildman–Crippen MR) is 67.8 cm³/mol. The molecule has 17 heavy (non-hydrogen) atoms. The highest BCUT2D eigenvalue weighted by atomic mass is 16.5. The van der Waals surface area contributed by atoms with E-state index >= 15 is 0 Å². The molecule has 2 atom stereocenters. The summed E-state index contributed by atoms with van der Waals surface area (Å²) in [5, 5.41) is 3.50. The molecule has 1 aliphatic heterocycles.